The van der Waals surface area contributed by atoms with Gasteiger partial charge in [-0.1, -0.05) is 19.8 Å². The van der Waals surface area contributed by atoms with E-state index in [0.717, 1.165) is 19.3 Å². The van der Waals surface area contributed by atoms with Gasteiger partial charge in [0.15, 0.2) is 0 Å². The SMILES string of the molecule is CCCCCC(=O)O.O=C(O)/C=C/C(=O)O. The molecule has 0 radical (unpaired) electrons. The first-order chi connectivity index (χ1) is 7.40. The summed E-state index contributed by atoms with van der Waals surface area (Å²) in [7, 11) is 0. The lowest BCUT2D eigenvalue weighted by Crippen LogP contribution is -1.92. The third-order valence-electron chi connectivity index (χ3n) is 1.36. The van der Waals surface area contributed by atoms with Gasteiger partial charge in [-0.2, -0.15) is 0 Å². The number of hydrogen-bond acceptors (Lipinski definition) is 3. The average molecular weight is 232 g/mol. The van der Waals surface area contributed by atoms with Crippen molar-refractivity contribution in [3.8, 4) is 0 Å². The van der Waals surface area contributed by atoms with Crippen molar-refractivity contribution in [2.75, 3.05) is 0 Å². The number of carboxylic acids is 3. The third kappa shape index (κ3) is 22.7. The van der Waals surface area contributed by atoms with E-state index >= 15 is 0 Å². The van der Waals surface area contributed by atoms with Crippen LogP contribution in [0.15, 0.2) is 12.2 Å². The van der Waals surface area contributed by atoms with E-state index < -0.39 is 17.9 Å². The van der Waals surface area contributed by atoms with E-state index in [9.17, 15) is 14.4 Å². The minimum Gasteiger partial charge on any atom is -0.481 e. The Bertz CT molecular complexity index is 240. The van der Waals surface area contributed by atoms with Crippen molar-refractivity contribution in [1.29, 1.82) is 0 Å². The van der Waals surface area contributed by atoms with Crippen LogP contribution in [0.4, 0.5) is 0 Å². The molecule has 0 atom stereocenters. The van der Waals surface area contributed by atoms with Crippen molar-refractivity contribution in [3.63, 3.8) is 0 Å². The molecule has 6 heteroatoms. The van der Waals surface area contributed by atoms with Gasteiger partial charge in [0.2, 0.25) is 0 Å². The van der Waals surface area contributed by atoms with Gasteiger partial charge in [-0.15, -0.1) is 0 Å². The largest absolute Gasteiger partial charge is 0.481 e. The Morgan fingerprint density at radius 2 is 1.38 bits per heavy atom. The molecule has 0 aliphatic rings. The molecule has 0 saturated heterocycles. The van der Waals surface area contributed by atoms with Crippen molar-refractivity contribution in [2.24, 2.45) is 0 Å². The molecule has 0 aromatic carbocycles. The molecule has 92 valence electrons. The van der Waals surface area contributed by atoms with Gasteiger partial charge in [0.25, 0.3) is 0 Å². The van der Waals surface area contributed by atoms with E-state index in [1.165, 1.54) is 0 Å². The zero-order valence-electron chi connectivity index (χ0n) is 9.05. The second-order valence-electron chi connectivity index (χ2n) is 2.86. The molecule has 0 aliphatic carbocycles. The fourth-order valence-corrected chi connectivity index (χ4v) is 0.669. The van der Waals surface area contributed by atoms with E-state index in [4.69, 9.17) is 15.3 Å². The summed E-state index contributed by atoms with van der Waals surface area (Å²) in [5, 5.41) is 23.8. The van der Waals surface area contributed by atoms with Crippen molar-refractivity contribution >= 4 is 17.9 Å². The molecule has 0 fully saturated rings. The van der Waals surface area contributed by atoms with E-state index in [2.05, 4.69) is 6.92 Å². The van der Waals surface area contributed by atoms with Gasteiger partial charge in [0, 0.05) is 18.6 Å². The van der Waals surface area contributed by atoms with Crippen LogP contribution in [-0.4, -0.2) is 33.2 Å². The van der Waals surface area contributed by atoms with Crippen LogP contribution in [0.5, 0.6) is 0 Å². The Morgan fingerprint density at radius 1 is 0.938 bits per heavy atom. The molecule has 0 aliphatic heterocycles. The normalized spacial score (nSPS) is 9.31. The number of hydrogen-bond donors (Lipinski definition) is 3. The summed E-state index contributed by atoms with van der Waals surface area (Å²) in [4.78, 5) is 29.0. The van der Waals surface area contributed by atoms with E-state index in [1.807, 2.05) is 0 Å². The Kier molecular flexibility index (Phi) is 11.6. The lowest BCUT2D eigenvalue weighted by Gasteiger charge is -1.89. The number of carboxylic acid groups (broad SMARTS) is 3. The second kappa shape index (κ2) is 11.2. The monoisotopic (exact) mass is 232 g/mol. The highest BCUT2D eigenvalue weighted by Gasteiger charge is 1.92. The van der Waals surface area contributed by atoms with Crippen LogP contribution in [0, 0.1) is 0 Å². The summed E-state index contributed by atoms with van der Waals surface area (Å²) >= 11 is 0. The molecule has 0 saturated carbocycles. The maximum absolute atomic E-state index is 9.87. The predicted molar refractivity (Wildman–Crippen MR) is 56.2 cm³/mol. The van der Waals surface area contributed by atoms with Crippen LogP contribution < -0.4 is 0 Å². The molecule has 0 aromatic rings. The smallest absolute Gasteiger partial charge is 0.328 e. The first kappa shape index (κ1) is 16.6. The molecule has 16 heavy (non-hydrogen) atoms. The minimum absolute atomic E-state index is 0.327. The molecule has 0 bridgehead atoms. The molecule has 0 aromatic heterocycles. The third-order valence-corrected chi connectivity index (χ3v) is 1.36. The van der Waals surface area contributed by atoms with Crippen LogP contribution in [-0.2, 0) is 14.4 Å². The lowest BCUT2D eigenvalue weighted by molar-refractivity contribution is -0.137. The van der Waals surface area contributed by atoms with Crippen molar-refractivity contribution in [2.45, 2.75) is 32.6 Å². The van der Waals surface area contributed by atoms with Gasteiger partial charge in [0.05, 0.1) is 0 Å². The van der Waals surface area contributed by atoms with E-state index in [1.54, 1.807) is 0 Å². The quantitative estimate of drug-likeness (QED) is 0.471. The van der Waals surface area contributed by atoms with Crippen molar-refractivity contribution < 1.29 is 29.7 Å². The van der Waals surface area contributed by atoms with Gasteiger partial charge >= 0.3 is 17.9 Å². The maximum atomic E-state index is 9.87. The lowest BCUT2D eigenvalue weighted by atomic mass is 10.2. The first-order valence-electron chi connectivity index (χ1n) is 4.75. The summed E-state index contributed by atoms with van der Waals surface area (Å²) in [6, 6.07) is 0. The molecule has 0 spiro atoms. The molecule has 0 unspecified atom stereocenters. The molecule has 3 N–H and O–H groups in total. The van der Waals surface area contributed by atoms with Crippen molar-refractivity contribution in [1.82, 2.24) is 0 Å². The Morgan fingerprint density at radius 3 is 1.62 bits per heavy atom. The van der Waals surface area contributed by atoms with Crippen LogP contribution in [0.2, 0.25) is 0 Å². The fourth-order valence-electron chi connectivity index (χ4n) is 0.669. The fraction of sp³-hybridized carbons (Fsp3) is 0.500. The summed E-state index contributed by atoms with van der Waals surface area (Å²) in [6.07, 6.45) is 4.39. The molecular weight excluding hydrogens is 216 g/mol. The number of rotatable bonds is 6. The molecule has 0 rings (SSSR count). The number of aliphatic carboxylic acids is 3. The van der Waals surface area contributed by atoms with Gasteiger partial charge in [-0.25, -0.2) is 9.59 Å². The summed E-state index contributed by atoms with van der Waals surface area (Å²) in [6.45, 7) is 2.06. The highest BCUT2D eigenvalue weighted by atomic mass is 16.4. The van der Waals surface area contributed by atoms with Gasteiger partial charge in [-0.3, -0.25) is 4.79 Å². The second-order valence-corrected chi connectivity index (χ2v) is 2.86. The summed E-state index contributed by atoms with van der Waals surface area (Å²) in [5.74, 6) is -3.20. The van der Waals surface area contributed by atoms with Crippen LogP contribution >= 0.6 is 0 Å². The molecule has 0 heterocycles. The van der Waals surface area contributed by atoms with Gasteiger partial charge < -0.3 is 15.3 Å². The van der Waals surface area contributed by atoms with Crippen LogP contribution in [0.1, 0.15) is 32.6 Å². The van der Waals surface area contributed by atoms with Crippen LogP contribution in [0.3, 0.4) is 0 Å². The topological polar surface area (TPSA) is 112 Å². The van der Waals surface area contributed by atoms with Crippen LogP contribution in [0.25, 0.3) is 0 Å². The van der Waals surface area contributed by atoms with E-state index in [0.29, 0.717) is 18.6 Å². The zero-order valence-corrected chi connectivity index (χ0v) is 9.05. The maximum Gasteiger partial charge on any atom is 0.328 e. The molecule has 0 amide bonds. The highest BCUT2D eigenvalue weighted by Crippen LogP contribution is 1.97. The minimum atomic E-state index is -1.26. The highest BCUT2D eigenvalue weighted by molar-refractivity contribution is 5.89. The van der Waals surface area contributed by atoms with Crippen molar-refractivity contribution in [3.05, 3.63) is 12.2 Å². The van der Waals surface area contributed by atoms with E-state index in [-0.39, 0.29) is 0 Å². The molecular formula is C10H16O6. The predicted octanol–water partition coefficient (Wildman–Crippen LogP) is 1.36. The number of carbonyl (C=O) groups is 3. The zero-order chi connectivity index (χ0) is 13.0. The van der Waals surface area contributed by atoms with Gasteiger partial charge in [-0.05, 0) is 6.42 Å². The standard InChI is InChI=1S/C6H12O2.C4H4O4/c1-2-3-4-5-6(7)8;5-3(6)1-2-4(7)8/h2-5H2,1H3,(H,7,8);1-2H,(H,5,6)(H,7,8)/b;2-1+. The average Bonchev–Trinajstić information content (AvgIpc) is 2.16. The van der Waals surface area contributed by atoms with Gasteiger partial charge in [0.1, 0.15) is 0 Å². The Balaban J connectivity index is 0. The first-order valence-corrected chi connectivity index (χ1v) is 4.75. The number of unbranched alkanes of at least 4 members (excludes halogenated alkanes) is 2. The Labute approximate surface area is 93.2 Å². The molecule has 6 nitrogen and oxygen atoms in total. The summed E-state index contributed by atoms with van der Waals surface area (Å²) in [5.41, 5.74) is 0. The summed E-state index contributed by atoms with van der Waals surface area (Å²) < 4.78 is 0. The Hall–Kier alpha value is -1.85.